The van der Waals surface area contributed by atoms with E-state index in [4.69, 9.17) is 0 Å². The number of thioether (sulfide) groups is 1. The van der Waals surface area contributed by atoms with E-state index >= 15 is 0 Å². The molecule has 2 rings (SSSR count). The van der Waals surface area contributed by atoms with Gasteiger partial charge in [0.05, 0.1) is 5.41 Å². The maximum atomic E-state index is 11.2. The van der Waals surface area contributed by atoms with Crippen molar-refractivity contribution >= 4 is 17.7 Å². The van der Waals surface area contributed by atoms with E-state index in [0.29, 0.717) is 0 Å². The van der Waals surface area contributed by atoms with E-state index < -0.39 is 5.97 Å². The SMILES string of the molecule is CSCCC1(C(=O)O)CC2CC2C1. The summed E-state index contributed by atoms with van der Waals surface area (Å²) in [6.07, 6.45) is 6.12. The van der Waals surface area contributed by atoms with Gasteiger partial charge < -0.3 is 5.11 Å². The van der Waals surface area contributed by atoms with Crippen molar-refractivity contribution in [1.82, 2.24) is 0 Å². The Bertz CT molecular complexity index is 217. The summed E-state index contributed by atoms with van der Waals surface area (Å²) in [6.45, 7) is 0. The topological polar surface area (TPSA) is 37.3 Å². The quantitative estimate of drug-likeness (QED) is 0.756. The van der Waals surface area contributed by atoms with Crippen molar-refractivity contribution in [2.24, 2.45) is 17.3 Å². The highest BCUT2D eigenvalue weighted by atomic mass is 32.2. The summed E-state index contributed by atoms with van der Waals surface area (Å²) in [6, 6.07) is 0. The number of aliphatic carboxylic acids is 1. The van der Waals surface area contributed by atoms with Crippen molar-refractivity contribution in [2.45, 2.75) is 25.7 Å². The predicted octanol–water partition coefficient (Wildman–Crippen LogP) is 2.24. The lowest BCUT2D eigenvalue weighted by molar-refractivity contribution is -0.149. The normalized spacial score (nSPS) is 41.6. The minimum absolute atomic E-state index is 0.337. The van der Waals surface area contributed by atoms with Crippen LogP contribution in [0.3, 0.4) is 0 Å². The molecular formula is C10H16O2S. The van der Waals surface area contributed by atoms with Gasteiger partial charge in [-0.05, 0) is 49.5 Å². The van der Waals surface area contributed by atoms with Gasteiger partial charge in [0.1, 0.15) is 0 Å². The van der Waals surface area contributed by atoms with Gasteiger partial charge in [-0.3, -0.25) is 4.79 Å². The van der Waals surface area contributed by atoms with Gasteiger partial charge in [-0.1, -0.05) is 0 Å². The zero-order valence-electron chi connectivity index (χ0n) is 7.95. The smallest absolute Gasteiger partial charge is 0.309 e. The van der Waals surface area contributed by atoms with Crippen LogP contribution in [0.5, 0.6) is 0 Å². The first-order valence-electron chi connectivity index (χ1n) is 4.90. The number of carboxylic acid groups (broad SMARTS) is 1. The van der Waals surface area contributed by atoms with E-state index in [1.807, 2.05) is 6.26 Å². The Kier molecular flexibility index (Phi) is 2.30. The Morgan fingerprint density at radius 3 is 2.62 bits per heavy atom. The van der Waals surface area contributed by atoms with Crippen LogP contribution in [0, 0.1) is 17.3 Å². The van der Waals surface area contributed by atoms with Gasteiger partial charge in [-0.15, -0.1) is 0 Å². The minimum atomic E-state index is -0.547. The van der Waals surface area contributed by atoms with Gasteiger partial charge in [0.25, 0.3) is 0 Å². The van der Waals surface area contributed by atoms with Crippen LogP contribution in [0.15, 0.2) is 0 Å². The average Bonchev–Trinajstić information content (AvgIpc) is 2.71. The lowest BCUT2D eigenvalue weighted by Crippen LogP contribution is -2.30. The highest BCUT2D eigenvalue weighted by molar-refractivity contribution is 7.98. The third-order valence-electron chi connectivity index (χ3n) is 3.61. The Balaban J connectivity index is 1.99. The van der Waals surface area contributed by atoms with Crippen LogP contribution in [0.4, 0.5) is 0 Å². The minimum Gasteiger partial charge on any atom is -0.481 e. The standard InChI is InChI=1S/C10H16O2S/c1-13-3-2-10(9(11)12)5-7-4-8(7)6-10/h7-8H,2-6H2,1H3,(H,11,12). The van der Waals surface area contributed by atoms with E-state index in [1.54, 1.807) is 11.8 Å². The molecule has 2 atom stereocenters. The van der Waals surface area contributed by atoms with Crippen molar-refractivity contribution in [2.75, 3.05) is 12.0 Å². The molecule has 2 nitrogen and oxygen atoms in total. The van der Waals surface area contributed by atoms with Crippen molar-refractivity contribution in [3.05, 3.63) is 0 Å². The fraction of sp³-hybridized carbons (Fsp3) is 0.900. The van der Waals surface area contributed by atoms with Crippen LogP contribution in [-0.4, -0.2) is 23.1 Å². The molecule has 0 spiro atoms. The third kappa shape index (κ3) is 1.58. The van der Waals surface area contributed by atoms with Crippen molar-refractivity contribution in [3.8, 4) is 0 Å². The van der Waals surface area contributed by atoms with E-state index in [2.05, 4.69) is 0 Å². The molecule has 2 saturated carbocycles. The molecular weight excluding hydrogens is 184 g/mol. The molecule has 3 heteroatoms. The summed E-state index contributed by atoms with van der Waals surface area (Å²) >= 11 is 1.76. The highest BCUT2D eigenvalue weighted by Crippen LogP contribution is 2.61. The second kappa shape index (κ2) is 3.19. The van der Waals surface area contributed by atoms with Crippen LogP contribution in [0.2, 0.25) is 0 Å². The fourth-order valence-corrected chi connectivity index (χ4v) is 3.28. The second-order valence-corrected chi connectivity index (χ2v) is 5.48. The molecule has 0 aromatic rings. The van der Waals surface area contributed by atoms with Gasteiger partial charge in [-0.2, -0.15) is 11.8 Å². The number of rotatable bonds is 4. The molecule has 0 aromatic heterocycles. The molecule has 2 aliphatic carbocycles. The number of hydrogen-bond donors (Lipinski definition) is 1. The highest BCUT2D eigenvalue weighted by Gasteiger charge is 2.56. The molecule has 0 amide bonds. The van der Waals surface area contributed by atoms with Crippen LogP contribution in [0.1, 0.15) is 25.7 Å². The van der Waals surface area contributed by atoms with Crippen molar-refractivity contribution in [3.63, 3.8) is 0 Å². The monoisotopic (exact) mass is 200 g/mol. The van der Waals surface area contributed by atoms with Gasteiger partial charge in [0, 0.05) is 0 Å². The van der Waals surface area contributed by atoms with Gasteiger partial charge in [-0.25, -0.2) is 0 Å². The van der Waals surface area contributed by atoms with Gasteiger partial charge in [0.2, 0.25) is 0 Å². The first-order valence-corrected chi connectivity index (χ1v) is 6.30. The first kappa shape index (κ1) is 9.38. The van der Waals surface area contributed by atoms with E-state index in [0.717, 1.165) is 36.9 Å². The van der Waals surface area contributed by atoms with Crippen molar-refractivity contribution < 1.29 is 9.90 Å². The summed E-state index contributed by atoms with van der Waals surface area (Å²) in [5.74, 6) is 1.97. The molecule has 74 valence electrons. The van der Waals surface area contributed by atoms with Crippen LogP contribution in [0.25, 0.3) is 0 Å². The molecule has 0 radical (unpaired) electrons. The maximum Gasteiger partial charge on any atom is 0.309 e. The number of fused-ring (bicyclic) bond motifs is 1. The summed E-state index contributed by atoms with van der Waals surface area (Å²) in [7, 11) is 0. The lowest BCUT2D eigenvalue weighted by Gasteiger charge is -2.25. The molecule has 2 fully saturated rings. The predicted molar refractivity (Wildman–Crippen MR) is 53.9 cm³/mol. The zero-order chi connectivity index (χ0) is 9.47. The lowest BCUT2D eigenvalue weighted by atomic mass is 9.80. The van der Waals surface area contributed by atoms with Gasteiger partial charge >= 0.3 is 5.97 Å². The summed E-state index contributed by atoms with van der Waals surface area (Å²) in [4.78, 5) is 11.2. The van der Waals surface area contributed by atoms with Crippen molar-refractivity contribution in [1.29, 1.82) is 0 Å². The average molecular weight is 200 g/mol. The number of carbonyl (C=O) groups is 1. The summed E-state index contributed by atoms with van der Waals surface area (Å²) < 4.78 is 0. The summed E-state index contributed by atoms with van der Waals surface area (Å²) in [5.41, 5.74) is -0.337. The molecule has 13 heavy (non-hydrogen) atoms. The Labute approximate surface area is 83.1 Å². The second-order valence-electron chi connectivity index (χ2n) is 4.49. The molecule has 0 saturated heterocycles. The first-order chi connectivity index (χ1) is 6.18. The molecule has 2 aliphatic rings. The Hall–Kier alpha value is -0.180. The van der Waals surface area contributed by atoms with E-state index in [1.165, 1.54) is 6.42 Å². The largest absolute Gasteiger partial charge is 0.481 e. The van der Waals surface area contributed by atoms with Gasteiger partial charge in [0.15, 0.2) is 0 Å². The Morgan fingerprint density at radius 1 is 1.54 bits per heavy atom. The van der Waals surface area contributed by atoms with E-state index in [-0.39, 0.29) is 5.41 Å². The fourth-order valence-electron chi connectivity index (χ4n) is 2.68. The molecule has 1 N–H and O–H groups in total. The molecule has 0 heterocycles. The molecule has 0 aliphatic heterocycles. The number of hydrogen-bond acceptors (Lipinski definition) is 2. The van der Waals surface area contributed by atoms with Crippen LogP contribution >= 0.6 is 11.8 Å². The number of carboxylic acids is 1. The molecule has 0 bridgehead atoms. The van der Waals surface area contributed by atoms with Crippen LogP contribution < -0.4 is 0 Å². The Morgan fingerprint density at radius 2 is 2.15 bits per heavy atom. The molecule has 0 aromatic carbocycles. The maximum absolute atomic E-state index is 11.2. The van der Waals surface area contributed by atoms with E-state index in [9.17, 15) is 9.90 Å². The third-order valence-corrected chi connectivity index (χ3v) is 4.23. The summed E-state index contributed by atoms with van der Waals surface area (Å²) in [5, 5.41) is 9.22. The molecule has 2 unspecified atom stereocenters. The zero-order valence-corrected chi connectivity index (χ0v) is 8.77. The van der Waals surface area contributed by atoms with Crippen LogP contribution in [-0.2, 0) is 4.79 Å².